The van der Waals surface area contributed by atoms with Crippen LogP contribution < -0.4 is 11.1 Å². The van der Waals surface area contributed by atoms with E-state index >= 15 is 0 Å². The van der Waals surface area contributed by atoms with Crippen molar-refractivity contribution in [3.05, 3.63) is 46.4 Å². The number of nitrogens with one attached hydrogen (secondary N) is 1. The molecule has 1 amide bonds. The fraction of sp³-hybridized carbons (Fsp3) is 0.286. The van der Waals surface area contributed by atoms with Gasteiger partial charge in [0, 0.05) is 6.42 Å². The van der Waals surface area contributed by atoms with Gasteiger partial charge in [-0.3, -0.25) is 10.1 Å². The Balaban J connectivity index is 1.86. The van der Waals surface area contributed by atoms with Crippen LogP contribution in [-0.2, 0) is 11.2 Å². The van der Waals surface area contributed by atoms with Crippen molar-refractivity contribution in [3.8, 4) is 0 Å². The number of fused-ring (bicyclic) bond motifs is 1. The van der Waals surface area contributed by atoms with E-state index in [0.29, 0.717) is 0 Å². The molecule has 19 heavy (non-hydrogen) atoms. The predicted octanol–water partition coefficient (Wildman–Crippen LogP) is 1.64. The van der Waals surface area contributed by atoms with E-state index in [1.165, 1.54) is 10.5 Å². The number of guanidine groups is 1. The Morgan fingerprint density at radius 3 is 2.84 bits per heavy atom. The normalized spacial score (nSPS) is 25.9. The summed E-state index contributed by atoms with van der Waals surface area (Å²) in [4.78, 5) is 17.5. The minimum Gasteiger partial charge on any atom is -0.370 e. The Morgan fingerprint density at radius 2 is 2.11 bits per heavy atom. The van der Waals surface area contributed by atoms with Gasteiger partial charge in [0.05, 0.1) is 5.92 Å². The Bertz CT molecular complexity index is 580. The third-order valence-corrected chi connectivity index (χ3v) is 4.83. The molecule has 0 saturated carbocycles. The molecule has 98 valence electrons. The molecule has 0 spiro atoms. The highest BCUT2D eigenvalue weighted by Crippen LogP contribution is 2.45. The number of allylic oxidation sites excluding steroid dienone is 1. The van der Waals surface area contributed by atoms with Gasteiger partial charge in [-0.15, -0.1) is 11.8 Å². The van der Waals surface area contributed by atoms with Crippen LogP contribution in [0.25, 0.3) is 0 Å². The molecule has 2 aliphatic rings. The molecule has 1 aromatic rings. The number of nitrogens with zero attached hydrogens (tertiary/aromatic N) is 1. The van der Waals surface area contributed by atoms with Gasteiger partial charge in [0.1, 0.15) is 5.37 Å². The molecular weight excluding hydrogens is 258 g/mol. The number of aliphatic imine (C=N–C) groups is 1. The van der Waals surface area contributed by atoms with Gasteiger partial charge in [-0.05, 0) is 23.0 Å². The van der Waals surface area contributed by atoms with Crippen LogP contribution in [0.4, 0.5) is 0 Å². The van der Waals surface area contributed by atoms with Crippen molar-refractivity contribution in [1.82, 2.24) is 5.32 Å². The zero-order valence-electron chi connectivity index (χ0n) is 10.6. The Labute approximate surface area is 116 Å². The van der Waals surface area contributed by atoms with E-state index in [4.69, 9.17) is 5.73 Å². The van der Waals surface area contributed by atoms with Crippen LogP contribution in [0.2, 0.25) is 0 Å². The lowest BCUT2D eigenvalue weighted by Gasteiger charge is -2.22. The lowest BCUT2D eigenvalue weighted by atomic mass is 9.96. The molecule has 3 N–H and O–H groups in total. The number of rotatable bonds is 2. The van der Waals surface area contributed by atoms with Crippen molar-refractivity contribution in [3.63, 3.8) is 0 Å². The second kappa shape index (κ2) is 4.74. The number of carbonyl (C=O) groups is 1. The molecule has 0 radical (unpaired) electrons. The molecule has 3 rings (SSSR count). The van der Waals surface area contributed by atoms with Crippen molar-refractivity contribution >= 4 is 23.6 Å². The number of thioether (sulfide) groups is 1. The average Bonchev–Trinajstić information content (AvgIpc) is 2.67. The molecule has 0 saturated heterocycles. The summed E-state index contributed by atoms with van der Waals surface area (Å²) in [7, 11) is 0. The Kier molecular flexibility index (Phi) is 3.06. The quantitative estimate of drug-likeness (QED) is 0.860. The molecule has 2 unspecified atom stereocenters. The van der Waals surface area contributed by atoms with Crippen molar-refractivity contribution in [2.45, 2.75) is 18.7 Å². The first-order chi connectivity index (χ1) is 9.15. The molecule has 2 aliphatic heterocycles. The topological polar surface area (TPSA) is 67.5 Å². The van der Waals surface area contributed by atoms with E-state index in [1.807, 2.05) is 25.1 Å². The van der Waals surface area contributed by atoms with Crippen molar-refractivity contribution in [2.75, 3.05) is 0 Å². The summed E-state index contributed by atoms with van der Waals surface area (Å²) >= 11 is 1.66. The maximum absolute atomic E-state index is 12.0. The molecule has 0 aliphatic carbocycles. The summed E-state index contributed by atoms with van der Waals surface area (Å²) in [6.45, 7) is 2.02. The van der Waals surface area contributed by atoms with Gasteiger partial charge in [-0.1, -0.05) is 30.3 Å². The highest BCUT2D eigenvalue weighted by atomic mass is 32.2. The first-order valence-corrected chi connectivity index (χ1v) is 7.07. The third kappa shape index (κ3) is 2.26. The monoisotopic (exact) mass is 273 g/mol. The fourth-order valence-electron chi connectivity index (χ4n) is 2.46. The lowest BCUT2D eigenvalue weighted by Crippen LogP contribution is -2.47. The average molecular weight is 273 g/mol. The van der Waals surface area contributed by atoms with Crippen LogP contribution in [0, 0.1) is 5.92 Å². The maximum atomic E-state index is 12.0. The van der Waals surface area contributed by atoms with Crippen molar-refractivity contribution in [2.24, 2.45) is 16.6 Å². The van der Waals surface area contributed by atoms with Gasteiger partial charge in [0.2, 0.25) is 5.91 Å². The minimum atomic E-state index is -0.170. The van der Waals surface area contributed by atoms with Crippen LogP contribution in [0.15, 0.2) is 45.8 Å². The van der Waals surface area contributed by atoms with Crippen molar-refractivity contribution < 1.29 is 4.79 Å². The molecule has 1 aromatic carbocycles. The van der Waals surface area contributed by atoms with Gasteiger partial charge >= 0.3 is 0 Å². The van der Waals surface area contributed by atoms with Crippen LogP contribution >= 0.6 is 11.8 Å². The summed E-state index contributed by atoms with van der Waals surface area (Å²) in [5.41, 5.74) is 7.98. The summed E-state index contributed by atoms with van der Waals surface area (Å²) in [6, 6.07) is 10.3. The smallest absolute Gasteiger partial charge is 0.236 e. The molecule has 2 atom stereocenters. The van der Waals surface area contributed by atoms with Crippen LogP contribution in [0.3, 0.4) is 0 Å². The van der Waals surface area contributed by atoms with Crippen LogP contribution in [0.5, 0.6) is 0 Å². The summed E-state index contributed by atoms with van der Waals surface area (Å²) in [5.74, 6) is 0.0223. The first kappa shape index (κ1) is 12.3. The number of carbonyl (C=O) groups excluding carboxylic acids is 1. The van der Waals surface area contributed by atoms with E-state index in [0.717, 1.165) is 12.0 Å². The SMILES string of the molecule is CC1=C(Cc2ccccc2)SC2N=C(N)NC(=O)C12. The minimum absolute atomic E-state index is 0.0365. The van der Waals surface area contributed by atoms with E-state index in [1.54, 1.807) is 11.8 Å². The number of nitrogens with two attached hydrogens (primary N) is 1. The molecule has 4 nitrogen and oxygen atoms in total. The van der Waals surface area contributed by atoms with Crippen LogP contribution in [-0.4, -0.2) is 17.2 Å². The molecule has 0 bridgehead atoms. The molecule has 0 aromatic heterocycles. The van der Waals surface area contributed by atoms with E-state index in [2.05, 4.69) is 22.4 Å². The zero-order chi connectivity index (χ0) is 13.4. The number of hydrogen-bond acceptors (Lipinski definition) is 4. The van der Waals surface area contributed by atoms with Gasteiger partial charge in [-0.2, -0.15) is 0 Å². The number of hydrogen-bond donors (Lipinski definition) is 2. The molecule has 0 fully saturated rings. The predicted molar refractivity (Wildman–Crippen MR) is 77.5 cm³/mol. The van der Waals surface area contributed by atoms with Gasteiger partial charge in [0.25, 0.3) is 0 Å². The largest absolute Gasteiger partial charge is 0.370 e. The summed E-state index contributed by atoms with van der Waals surface area (Å²) in [5, 5.41) is 2.52. The van der Waals surface area contributed by atoms with Gasteiger partial charge in [-0.25, -0.2) is 4.99 Å². The molecule has 5 heteroatoms. The first-order valence-electron chi connectivity index (χ1n) is 6.19. The highest BCUT2D eigenvalue weighted by molar-refractivity contribution is 8.04. The number of amides is 1. The van der Waals surface area contributed by atoms with E-state index < -0.39 is 0 Å². The van der Waals surface area contributed by atoms with Gasteiger partial charge in [0.15, 0.2) is 5.96 Å². The summed E-state index contributed by atoms with van der Waals surface area (Å²) < 4.78 is 0. The maximum Gasteiger partial charge on any atom is 0.236 e. The fourth-order valence-corrected chi connectivity index (χ4v) is 3.94. The van der Waals surface area contributed by atoms with E-state index in [9.17, 15) is 4.79 Å². The second-order valence-corrected chi connectivity index (χ2v) is 5.97. The van der Waals surface area contributed by atoms with Crippen LogP contribution in [0.1, 0.15) is 12.5 Å². The Morgan fingerprint density at radius 1 is 1.37 bits per heavy atom. The number of benzene rings is 1. The Hall–Kier alpha value is -1.75. The third-order valence-electron chi connectivity index (χ3n) is 3.46. The van der Waals surface area contributed by atoms with Gasteiger partial charge < -0.3 is 5.73 Å². The van der Waals surface area contributed by atoms with Crippen molar-refractivity contribution in [1.29, 1.82) is 0 Å². The highest BCUT2D eigenvalue weighted by Gasteiger charge is 2.40. The molecular formula is C14H15N3OS. The molecule has 2 heterocycles. The van der Waals surface area contributed by atoms with E-state index in [-0.39, 0.29) is 23.2 Å². The zero-order valence-corrected chi connectivity index (χ0v) is 11.4. The summed E-state index contributed by atoms with van der Waals surface area (Å²) in [6.07, 6.45) is 0.854. The second-order valence-electron chi connectivity index (χ2n) is 4.76. The standard InChI is InChI=1S/C14H15N3OS/c1-8-10(7-9-5-3-2-4-6-9)19-13-11(8)12(18)16-14(15)17-13/h2-6,11,13H,7H2,1H3,(H3,15,16,17,18). The lowest BCUT2D eigenvalue weighted by molar-refractivity contribution is -0.122.